The maximum Gasteiger partial charge on any atom is 0.307 e. The Hall–Kier alpha value is -1.10. The molecule has 0 spiro atoms. The predicted molar refractivity (Wildman–Crippen MR) is 53.1 cm³/mol. The molecule has 1 aromatic carbocycles. The highest BCUT2D eigenvalue weighted by molar-refractivity contribution is 8.16. The first-order chi connectivity index (χ1) is 6.72. The zero-order chi connectivity index (χ0) is 10.4. The first kappa shape index (κ1) is 8.50. The van der Waals surface area contributed by atoms with E-state index in [2.05, 4.69) is 0 Å². The molecule has 1 rings (SSSR count). The molecule has 0 saturated heterocycles. The van der Waals surface area contributed by atoms with Crippen molar-refractivity contribution in [3.05, 3.63) is 29.8 Å². The molecule has 1 N–H and O–H groups in total. The van der Waals surface area contributed by atoms with E-state index in [0.717, 1.165) is 24.5 Å². The number of carboxylic acid groups (broad SMARTS) is 1. The largest absolute Gasteiger partial charge is 0.481 e. The van der Waals surface area contributed by atoms with Crippen LogP contribution in [0, 0.1) is 0 Å². The third kappa shape index (κ3) is 3.42. The lowest BCUT2D eigenvalue weighted by Gasteiger charge is -2.01. The van der Waals surface area contributed by atoms with Crippen LogP contribution < -0.4 is 4.18 Å². The number of carbonyl (C=O) groups is 1. The maximum absolute atomic E-state index is 10.4. The van der Waals surface area contributed by atoms with E-state index < -0.39 is 5.97 Å². The molecule has 0 unspecified atom stereocenters. The van der Waals surface area contributed by atoms with Crippen LogP contribution in [0.25, 0.3) is 0 Å². The smallest absolute Gasteiger partial charge is 0.307 e. The highest BCUT2D eigenvalue weighted by Gasteiger charge is 1.99. The van der Waals surface area contributed by atoms with Crippen molar-refractivity contribution in [1.29, 1.82) is 1.34 Å². The average Bonchev–Trinajstić information content (AvgIpc) is 2.16. The van der Waals surface area contributed by atoms with Crippen LogP contribution in [0.5, 0.6) is 5.75 Å². The van der Waals surface area contributed by atoms with Gasteiger partial charge in [0.25, 0.3) is 0 Å². The summed E-state index contributed by atoms with van der Waals surface area (Å²) in [5.74, 6) is -0.250. The molecule has 0 aromatic heterocycles. The van der Waals surface area contributed by atoms with Crippen LogP contribution in [0.4, 0.5) is 0 Å². The Morgan fingerprint density at radius 1 is 1.62 bits per heavy atom. The lowest BCUT2D eigenvalue weighted by molar-refractivity contribution is -0.136. The summed E-state index contributed by atoms with van der Waals surface area (Å²) in [4.78, 5) is 10.4. The highest BCUT2D eigenvalue weighted by Crippen LogP contribution is 2.15. The van der Waals surface area contributed by atoms with Gasteiger partial charge in [-0.25, -0.2) is 0 Å². The quantitative estimate of drug-likeness (QED) is 0.568. The van der Waals surface area contributed by atoms with Crippen LogP contribution in [0.2, 0.25) is 0 Å². The first-order valence-corrected chi connectivity index (χ1v) is 4.37. The minimum Gasteiger partial charge on any atom is -0.481 e. The summed E-state index contributed by atoms with van der Waals surface area (Å²) in [6, 6.07) is 6.73. The predicted octanol–water partition coefficient (Wildman–Crippen LogP) is 1.16. The average molecular weight is 197 g/mol. The number of benzene rings is 1. The van der Waals surface area contributed by atoms with Crippen molar-refractivity contribution in [1.82, 2.24) is 0 Å². The second kappa shape index (κ2) is 4.82. The molecule has 0 amide bonds. The van der Waals surface area contributed by atoms with E-state index in [1.807, 2.05) is 0 Å². The summed E-state index contributed by atoms with van der Waals surface area (Å²) in [5.41, 5.74) is 0.727. The number of hydrogen-bond acceptors (Lipinski definition) is 3. The lowest BCUT2D eigenvalue weighted by Crippen LogP contribution is -1.99. The Bertz CT molecular complexity index is 304. The topological polar surface area (TPSA) is 46.5 Å². The number of aliphatic carboxylic acids is 1. The first-order valence-electron chi connectivity index (χ1n) is 4.14. The molecule has 0 aliphatic heterocycles. The van der Waals surface area contributed by atoms with Gasteiger partial charge in [0.1, 0.15) is 5.75 Å². The molecular formula is C8H8BO3S. The molecule has 5 heteroatoms. The normalized spacial score (nSPS) is 10.3. The fourth-order valence-corrected chi connectivity index (χ4v) is 1.12. The zero-order valence-electron chi connectivity index (χ0n) is 7.77. The van der Waals surface area contributed by atoms with Crippen LogP contribution in [0.3, 0.4) is 0 Å². The summed E-state index contributed by atoms with van der Waals surface area (Å²) in [6.45, 7) is 0. The molecule has 0 bridgehead atoms. The molecule has 1 aromatic rings. The van der Waals surface area contributed by atoms with E-state index in [1.54, 1.807) is 24.3 Å². The van der Waals surface area contributed by atoms with E-state index in [0.29, 0.717) is 5.75 Å². The zero-order valence-corrected chi connectivity index (χ0v) is 7.58. The summed E-state index contributed by atoms with van der Waals surface area (Å²) in [5, 5.41) is 8.51. The molecule has 3 nitrogen and oxygen atoms in total. The van der Waals surface area contributed by atoms with Crippen molar-refractivity contribution in [2.75, 3.05) is 0 Å². The van der Waals surface area contributed by atoms with Crippen molar-refractivity contribution < 1.29 is 14.1 Å². The molecule has 0 aliphatic rings. The highest BCUT2D eigenvalue weighted by atomic mass is 32.2. The second-order valence-corrected chi connectivity index (χ2v) is 2.75. The van der Waals surface area contributed by atoms with E-state index >= 15 is 0 Å². The van der Waals surface area contributed by atoms with E-state index in [-0.39, 0.29) is 6.42 Å². The van der Waals surface area contributed by atoms with Crippen molar-refractivity contribution >= 4 is 25.0 Å². The van der Waals surface area contributed by atoms with Gasteiger partial charge in [-0.05, 0) is 30.9 Å². The number of carboxylic acids is 1. The van der Waals surface area contributed by atoms with Gasteiger partial charge in [-0.1, -0.05) is 12.1 Å². The van der Waals surface area contributed by atoms with Gasteiger partial charge in [-0.2, -0.15) is 0 Å². The summed E-state index contributed by atoms with van der Waals surface area (Å²) in [6.07, 6.45) is 0.0119. The summed E-state index contributed by atoms with van der Waals surface area (Å²) in [7, 11) is 1.07. The lowest BCUT2D eigenvalue weighted by atomic mass is 10.1. The van der Waals surface area contributed by atoms with Gasteiger partial charge in [-0.3, -0.25) is 4.79 Å². The van der Waals surface area contributed by atoms with E-state index in [1.165, 1.54) is 0 Å². The molecule has 0 heterocycles. The van der Waals surface area contributed by atoms with Crippen LogP contribution in [-0.2, 0) is 11.2 Å². The molecule has 0 fully saturated rings. The van der Waals surface area contributed by atoms with Crippen molar-refractivity contribution in [2.45, 2.75) is 6.42 Å². The second-order valence-electron chi connectivity index (χ2n) is 2.39. The minimum atomic E-state index is -0.854. The van der Waals surface area contributed by atoms with Gasteiger partial charge in [0.2, 0.25) is 7.09 Å². The molecule has 0 aliphatic carbocycles. The minimum absolute atomic E-state index is 0.0119. The molecule has 13 heavy (non-hydrogen) atoms. The molecule has 0 atom stereocenters. The molecule has 0 saturated carbocycles. The maximum atomic E-state index is 10.4. The number of hydrogen-bond donors (Lipinski definition) is 1. The van der Waals surface area contributed by atoms with Crippen LogP contribution in [0.1, 0.15) is 5.56 Å². The third-order valence-corrected chi connectivity index (χ3v) is 1.71. The summed E-state index contributed by atoms with van der Waals surface area (Å²) < 4.78 is 11.8. The summed E-state index contributed by atoms with van der Waals surface area (Å²) >= 11 is 0.906. The van der Waals surface area contributed by atoms with Crippen molar-refractivity contribution in [3.63, 3.8) is 0 Å². The van der Waals surface area contributed by atoms with E-state index in [4.69, 9.17) is 10.6 Å². The standard InChI is InChI=1S/C8H8BO3S/c9-13-12-7-3-1-6(2-4-7)5-8(10)11/h1-4,9H,5H2,(H,10,11)/i9T. The van der Waals surface area contributed by atoms with Gasteiger partial charge in [0.05, 0.1) is 6.42 Å². The van der Waals surface area contributed by atoms with Gasteiger partial charge in [0.15, 0.2) is 0 Å². The number of rotatable bonds is 5. The third-order valence-electron chi connectivity index (χ3n) is 1.42. The Balaban J connectivity index is 2.54. The van der Waals surface area contributed by atoms with Gasteiger partial charge in [-0.15, -0.1) is 0 Å². The monoisotopic (exact) mass is 197 g/mol. The fourth-order valence-electron chi connectivity index (χ4n) is 0.893. The van der Waals surface area contributed by atoms with Crippen LogP contribution >= 0.6 is 11.9 Å². The van der Waals surface area contributed by atoms with Gasteiger partial charge >= 0.3 is 5.97 Å². The van der Waals surface area contributed by atoms with Crippen LogP contribution in [-0.4, -0.2) is 19.5 Å². The Morgan fingerprint density at radius 3 is 2.85 bits per heavy atom. The molecular weight excluding hydrogens is 187 g/mol. The SMILES string of the molecule is [3H][B]SOc1ccc(CC(=O)O)cc1. The van der Waals surface area contributed by atoms with E-state index in [9.17, 15) is 4.79 Å². The van der Waals surface area contributed by atoms with Gasteiger partial charge in [0, 0.05) is 0 Å². The van der Waals surface area contributed by atoms with Crippen molar-refractivity contribution in [2.24, 2.45) is 0 Å². The Kier molecular flexibility index (Phi) is 3.15. The molecule has 67 valence electrons. The molecule has 1 radical (unpaired) electrons. The Labute approximate surface area is 83.0 Å². The Morgan fingerprint density at radius 2 is 2.31 bits per heavy atom. The van der Waals surface area contributed by atoms with Gasteiger partial charge < -0.3 is 9.29 Å². The van der Waals surface area contributed by atoms with Crippen LogP contribution in [0.15, 0.2) is 24.3 Å². The van der Waals surface area contributed by atoms with Crippen molar-refractivity contribution in [3.8, 4) is 5.75 Å². The fraction of sp³-hybridized carbons (Fsp3) is 0.125.